The fourth-order valence-corrected chi connectivity index (χ4v) is 1.69. The zero-order valence-corrected chi connectivity index (χ0v) is 7.86. The highest BCUT2D eigenvalue weighted by Crippen LogP contribution is 2.32. The minimum atomic E-state index is -0.118. The Labute approximate surface area is 85.6 Å². The molecule has 74 valence electrons. The molecular weight excluding hydrogens is 192 g/mol. The number of fused-ring (bicyclic) bond motifs is 3. The van der Waals surface area contributed by atoms with E-state index >= 15 is 0 Å². The Kier molecular flexibility index (Phi) is 1.62. The summed E-state index contributed by atoms with van der Waals surface area (Å²) in [5.74, 6) is 0.715. The Bertz CT molecular complexity index is 575. The molecule has 0 atom stereocenters. The Morgan fingerprint density at radius 1 is 1.33 bits per heavy atom. The van der Waals surface area contributed by atoms with Gasteiger partial charge in [-0.3, -0.25) is 9.78 Å². The van der Waals surface area contributed by atoms with Gasteiger partial charge in [0.2, 0.25) is 5.56 Å². The molecule has 1 aliphatic heterocycles. The third kappa shape index (κ3) is 1.22. The molecule has 1 aliphatic rings. The van der Waals surface area contributed by atoms with Gasteiger partial charge >= 0.3 is 0 Å². The summed E-state index contributed by atoms with van der Waals surface area (Å²) >= 11 is 0. The summed E-state index contributed by atoms with van der Waals surface area (Å²) in [6, 6.07) is 6.92. The summed E-state index contributed by atoms with van der Waals surface area (Å²) in [6.07, 6.45) is 1.68. The van der Waals surface area contributed by atoms with Crippen LogP contribution >= 0.6 is 0 Å². The fourth-order valence-electron chi connectivity index (χ4n) is 1.69. The van der Waals surface area contributed by atoms with Crippen LogP contribution in [-0.4, -0.2) is 9.97 Å². The SMILES string of the molecule is O=c1ccc2c([nH]1)-c1ncccc1OC2. The van der Waals surface area contributed by atoms with E-state index in [4.69, 9.17) is 4.74 Å². The van der Waals surface area contributed by atoms with Crippen LogP contribution in [0.1, 0.15) is 5.56 Å². The molecule has 0 unspecified atom stereocenters. The van der Waals surface area contributed by atoms with E-state index in [0.717, 1.165) is 11.3 Å². The zero-order chi connectivity index (χ0) is 10.3. The van der Waals surface area contributed by atoms with Gasteiger partial charge in [-0.2, -0.15) is 0 Å². The lowest BCUT2D eigenvalue weighted by Gasteiger charge is -2.18. The van der Waals surface area contributed by atoms with Crippen LogP contribution in [-0.2, 0) is 6.61 Å². The Balaban J connectivity index is 2.33. The predicted molar refractivity (Wildman–Crippen MR) is 54.6 cm³/mol. The Morgan fingerprint density at radius 3 is 3.20 bits per heavy atom. The van der Waals surface area contributed by atoms with Crippen LogP contribution in [0, 0.1) is 0 Å². The first-order valence-electron chi connectivity index (χ1n) is 4.65. The molecule has 3 heterocycles. The van der Waals surface area contributed by atoms with Crippen molar-refractivity contribution in [1.82, 2.24) is 9.97 Å². The van der Waals surface area contributed by atoms with Gasteiger partial charge in [-0.05, 0) is 18.2 Å². The van der Waals surface area contributed by atoms with Crippen molar-refractivity contribution >= 4 is 0 Å². The van der Waals surface area contributed by atoms with Crippen molar-refractivity contribution < 1.29 is 4.74 Å². The normalized spacial score (nSPS) is 12.5. The molecule has 0 saturated carbocycles. The highest BCUT2D eigenvalue weighted by atomic mass is 16.5. The molecule has 2 aromatic heterocycles. The number of ether oxygens (including phenoxy) is 1. The van der Waals surface area contributed by atoms with E-state index in [-0.39, 0.29) is 5.56 Å². The number of pyridine rings is 2. The highest BCUT2D eigenvalue weighted by Gasteiger charge is 2.18. The maximum atomic E-state index is 11.2. The topological polar surface area (TPSA) is 55.0 Å². The van der Waals surface area contributed by atoms with E-state index in [2.05, 4.69) is 9.97 Å². The standard InChI is InChI=1S/C11H8N2O2/c14-9-4-3-7-6-15-8-2-1-5-12-11(8)10(7)13-9/h1-5H,6H2,(H,13,14). The second-order valence-corrected chi connectivity index (χ2v) is 3.36. The maximum Gasteiger partial charge on any atom is 0.248 e. The van der Waals surface area contributed by atoms with Crippen LogP contribution < -0.4 is 10.3 Å². The first-order chi connectivity index (χ1) is 7.34. The average Bonchev–Trinajstić information content (AvgIpc) is 2.29. The molecule has 1 N–H and O–H groups in total. The summed E-state index contributed by atoms with van der Waals surface area (Å²) in [7, 11) is 0. The summed E-state index contributed by atoms with van der Waals surface area (Å²) < 4.78 is 5.51. The van der Waals surface area contributed by atoms with Crippen molar-refractivity contribution in [3.63, 3.8) is 0 Å². The predicted octanol–water partition coefficient (Wildman–Crippen LogP) is 1.33. The van der Waals surface area contributed by atoms with Crippen LogP contribution in [0.3, 0.4) is 0 Å². The van der Waals surface area contributed by atoms with Crippen molar-refractivity contribution in [3.05, 3.63) is 46.4 Å². The van der Waals surface area contributed by atoms with E-state index in [1.807, 2.05) is 12.1 Å². The van der Waals surface area contributed by atoms with E-state index in [0.29, 0.717) is 18.1 Å². The number of H-pyrrole nitrogens is 1. The third-order valence-corrected chi connectivity index (χ3v) is 2.40. The smallest absolute Gasteiger partial charge is 0.248 e. The van der Waals surface area contributed by atoms with Crippen molar-refractivity contribution in [1.29, 1.82) is 0 Å². The van der Waals surface area contributed by atoms with Gasteiger partial charge in [0.1, 0.15) is 18.1 Å². The molecule has 15 heavy (non-hydrogen) atoms. The molecule has 0 aliphatic carbocycles. The quantitative estimate of drug-likeness (QED) is 0.698. The van der Waals surface area contributed by atoms with Gasteiger partial charge in [0.25, 0.3) is 0 Å². The van der Waals surface area contributed by atoms with Crippen LogP contribution in [0.25, 0.3) is 11.4 Å². The molecule has 4 nitrogen and oxygen atoms in total. The molecule has 0 spiro atoms. The molecular formula is C11H8N2O2. The summed E-state index contributed by atoms with van der Waals surface area (Å²) in [5, 5.41) is 0. The molecule has 0 bridgehead atoms. The molecule has 3 rings (SSSR count). The van der Waals surface area contributed by atoms with E-state index in [9.17, 15) is 4.79 Å². The summed E-state index contributed by atoms with van der Waals surface area (Å²) in [5.41, 5.74) is 2.31. The molecule has 0 aromatic carbocycles. The molecule has 0 saturated heterocycles. The number of nitrogens with one attached hydrogen (secondary N) is 1. The van der Waals surface area contributed by atoms with Gasteiger partial charge in [-0.25, -0.2) is 0 Å². The number of aromatic amines is 1. The lowest BCUT2D eigenvalue weighted by Crippen LogP contribution is -2.13. The first kappa shape index (κ1) is 8.23. The minimum Gasteiger partial charge on any atom is -0.486 e. The Hall–Kier alpha value is -2.10. The van der Waals surface area contributed by atoms with E-state index < -0.39 is 0 Å². The molecule has 2 aromatic rings. The second-order valence-electron chi connectivity index (χ2n) is 3.36. The van der Waals surface area contributed by atoms with Crippen LogP contribution in [0.5, 0.6) is 5.75 Å². The minimum absolute atomic E-state index is 0.118. The lowest BCUT2D eigenvalue weighted by molar-refractivity contribution is 0.300. The van der Waals surface area contributed by atoms with Crippen molar-refractivity contribution in [2.24, 2.45) is 0 Å². The highest BCUT2D eigenvalue weighted by molar-refractivity contribution is 5.67. The monoisotopic (exact) mass is 200 g/mol. The number of aromatic nitrogens is 2. The number of nitrogens with zero attached hydrogens (tertiary/aromatic N) is 1. The molecule has 0 radical (unpaired) electrons. The third-order valence-electron chi connectivity index (χ3n) is 2.40. The summed E-state index contributed by atoms with van der Waals surface area (Å²) in [4.78, 5) is 18.2. The number of hydrogen-bond donors (Lipinski definition) is 1. The average molecular weight is 200 g/mol. The molecule has 4 heteroatoms. The maximum absolute atomic E-state index is 11.2. The van der Waals surface area contributed by atoms with Gasteiger partial charge in [0, 0.05) is 17.8 Å². The van der Waals surface area contributed by atoms with Gasteiger partial charge in [0.15, 0.2) is 0 Å². The lowest BCUT2D eigenvalue weighted by atomic mass is 10.1. The van der Waals surface area contributed by atoms with Crippen molar-refractivity contribution in [2.45, 2.75) is 6.61 Å². The van der Waals surface area contributed by atoms with Gasteiger partial charge < -0.3 is 9.72 Å². The van der Waals surface area contributed by atoms with E-state index in [1.165, 1.54) is 6.07 Å². The van der Waals surface area contributed by atoms with Gasteiger partial charge in [0.05, 0.1) is 5.69 Å². The summed E-state index contributed by atoms with van der Waals surface area (Å²) in [6.45, 7) is 0.477. The van der Waals surface area contributed by atoms with E-state index in [1.54, 1.807) is 12.3 Å². The van der Waals surface area contributed by atoms with Gasteiger partial charge in [-0.15, -0.1) is 0 Å². The first-order valence-corrected chi connectivity index (χ1v) is 4.65. The molecule has 0 amide bonds. The Morgan fingerprint density at radius 2 is 2.27 bits per heavy atom. The van der Waals surface area contributed by atoms with Crippen molar-refractivity contribution in [2.75, 3.05) is 0 Å². The number of rotatable bonds is 0. The largest absolute Gasteiger partial charge is 0.486 e. The second kappa shape index (κ2) is 2.95. The van der Waals surface area contributed by atoms with Crippen LogP contribution in [0.15, 0.2) is 35.3 Å². The van der Waals surface area contributed by atoms with Crippen LogP contribution in [0.4, 0.5) is 0 Å². The van der Waals surface area contributed by atoms with Crippen molar-refractivity contribution in [3.8, 4) is 17.1 Å². The van der Waals surface area contributed by atoms with Gasteiger partial charge in [-0.1, -0.05) is 0 Å². The van der Waals surface area contributed by atoms with Crippen LogP contribution in [0.2, 0.25) is 0 Å². The zero-order valence-electron chi connectivity index (χ0n) is 7.86. The fraction of sp³-hybridized carbons (Fsp3) is 0.0909. The molecule has 0 fully saturated rings. The number of hydrogen-bond acceptors (Lipinski definition) is 3.